The number of anilines is 4. The van der Waals surface area contributed by atoms with Crippen molar-refractivity contribution in [1.82, 2.24) is 69.0 Å². The minimum Gasteiger partial charge on any atom is -0.379 e. The average molecular weight is 1160 g/mol. The van der Waals surface area contributed by atoms with Gasteiger partial charge in [0, 0.05) is 124 Å². The Morgan fingerprint density at radius 1 is 0.542 bits per heavy atom. The first-order valence-electron chi connectivity index (χ1n) is 28.3. The molecule has 6 aromatic heterocycles. The molecule has 18 nitrogen and oxygen atoms in total. The number of imidazole rings is 2. The number of hydrogen-bond acceptors (Lipinski definition) is 16. The number of aryl methyl sites for hydroxylation is 2. The molecule has 2 saturated heterocycles. The first-order chi connectivity index (χ1) is 39.8. The third kappa shape index (κ3) is 14.1. The molecule has 4 aliphatic rings. The van der Waals surface area contributed by atoms with Crippen molar-refractivity contribution >= 4 is 57.2 Å². The number of nitrogens with zero attached hydrogens (tertiary/aromatic N) is 13. The van der Waals surface area contributed by atoms with Crippen LogP contribution in [-0.2, 0) is 46.5 Å². The van der Waals surface area contributed by atoms with E-state index in [2.05, 4.69) is 66.6 Å². The van der Waals surface area contributed by atoms with E-state index in [4.69, 9.17) is 31.0 Å². The predicted molar refractivity (Wildman–Crippen MR) is 315 cm³/mol. The molecular weight excluding hydrogens is 1090 g/mol. The zero-order valence-electron chi connectivity index (χ0n) is 48.5. The van der Waals surface area contributed by atoms with Crippen molar-refractivity contribution in [3.8, 4) is 22.5 Å². The fourth-order valence-corrected chi connectivity index (χ4v) is 11.4. The number of pyridine rings is 2. The molecule has 10 heterocycles. The summed E-state index contributed by atoms with van der Waals surface area (Å²) in [5.74, 6) is 1.17. The maximum Gasteiger partial charge on any atom is 0.229 e. The summed E-state index contributed by atoms with van der Waals surface area (Å²) >= 11 is 5.88. The lowest BCUT2D eigenvalue weighted by molar-refractivity contribution is 0.0326. The Labute approximate surface area is 486 Å². The smallest absolute Gasteiger partial charge is 0.229 e. The van der Waals surface area contributed by atoms with E-state index < -0.39 is 23.3 Å². The molecule has 8 aromatic rings. The van der Waals surface area contributed by atoms with Crippen LogP contribution in [0.5, 0.6) is 0 Å². The van der Waals surface area contributed by atoms with Gasteiger partial charge in [-0.2, -0.15) is 0 Å². The normalized spacial score (nSPS) is 16.2. The summed E-state index contributed by atoms with van der Waals surface area (Å²) < 4.78 is 74.4. The zero-order chi connectivity index (χ0) is 58.6. The number of ether oxygens (including phenoxy) is 2. The second-order valence-corrected chi connectivity index (χ2v) is 23.6. The summed E-state index contributed by atoms with van der Waals surface area (Å²) in [7, 11) is 0. The highest BCUT2D eigenvalue weighted by molar-refractivity contribution is 6.18. The van der Waals surface area contributed by atoms with Crippen LogP contribution < -0.4 is 16.0 Å². The van der Waals surface area contributed by atoms with Gasteiger partial charge in [-0.25, -0.2) is 57.4 Å². The van der Waals surface area contributed by atoms with Gasteiger partial charge in [0.2, 0.25) is 11.9 Å². The van der Waals surface area contributed by atoms with Crippen LogP contribution in [0, 0.1) is 37.1 Å². The number of hydrogen-bond donors (Lipinski definition) is 3. The Hall–Kier alpha value is -6.79. The van der Waals surface area contributed by atoms with Gasteiger partial charge in [-0.1, -0.05) is 12.1 Å². The van der Waals surface area contributed by atoms with E-state index >= 15 is 8.78 Å². The van der Waals surface area contributed by atoms with Gasteiger partial charge >= 0.3 is 0 Å². The van der Waals surface area contributed by atoms with Crippen LogP contribution in [0.1, 0.15) is 75.7 Å². The van der Waals surface area contributed by atoms with Gasteiger partial charge in [-0.15, -0.1) is 11.6 Å². The van der Waals surface area contributed by atoms with Gasteiger partial charge in [0.25, 0.3) is 0 Å². The van der Waals surface area contributed by atoms with E-state index in [1.165, 1.54) is 17.7 Å². The first-order valence-corrected chi connectivity index (χ1v) is 28.9. The summed E-state index contributed by atoms with van der Waals surface area (Å²) in [4.78, 5) is 42.5. The highest BCUT2D eigenvalue weighted by Gasteiger charge is 2.27. The maximum absolute atomic E-state index is 15.1. The molecule has 12 rings (SSSR count). The average Bonchev–Trinajstić information content (AvgIpc) is 2.82. The summed E-state index contributed by atoms with van der Waals surface area (Å²) in [6.07, 6.45) is 3.85. The molecular formula is C60H73ClF4N16O2. The number of aromatic nitrogens is 10. The first kappa shape index (κ1) is 59.4. The van der Waals surface area contributed by atoms with Crippen molar-refractivity contribution in [2.75, 3.05) is 102 Å². The molecule has 0 unspecified atom stereocenters. The van der Waals surface area contributed by atoms with Gasteiger partial charge < -0.3 is 34.6 Å². The SMILES string of the molecule is C1COCCN1.Cc1nc2c(F)cc(-c3nc(Nc4ccc5c(n4)CCN(CCCl)C5)ncc3F)cc2n1C(C)(C)C.Cc1nc2c(F)cc(-c3nc(Nc4ccc5c(n4)CCN(CCN4CCOCC4)C5)ncc3F)cc2n1C(C)(C)C. The second-order valence-electron chi connectivity index (χ2n) is 23.2. The number of alkyl halides is 1. The molecule has 0 atom stereocenters. The lowest BCUT2D eigenvalue weighted by atomic mass is 10.1. The lowest BCUT2D eigenvalue weighted by Gasteiger charge is -2.32. The van der Waals surface area contributed by atoms with E-state index in [0.717, 1.165) is 141 Å². The van der Waals surface area contributed by atoms with Crippen LogP contribution in [0.3, 0.4) is 0 Å². The lowest BCUT2D eigenvalue weighted by Crippen LogP contribution is -2.42. The summed E-state index contributed by atoms with van der Waals surface area (Å²) in [6.45, 7) is 29.7. The molecule has 0 bridgehead atoms. The second kappa shape index (κ2) is 25.6. The van der Waals surface area contributed by atoms with Crippen molar-refractivity contribution in [3.05, 3.63) is 118 Å². The van der Waals surface area contributed by atoms with Crippen LogP contribution in [0.25, 0.3) is 44.6 Å². The summed E-state index contributed by atoms with van der Waals surface area (Å²) in [5.41, 5.74) is 6.07. The molecule has 2 fully saturated rings. The molecule has 2 aromatic carbocycles. The molecule has 0 radical (unpaired) electrons. The Bertz CT molecular complexity index is 3580. The van der Waals surface area contributed by atoms with E-state index in [-0.39, 0.29) is 45.4 Å². The molecule has 0 aliphatic carbocycles. The number of morpholine rings is 2. The molecule has 0 spiro atoms. The Morgan fingerprint density at radius 3 is 1.41 bits per heavy atom. The van der Waals surface area contributed by atoms with Crippen molar-refractivity contribution in [3.63, 3.8) is 0 Å². The molecule has 440 valence electrons. The van der Waals surface area contributed by atoms with Gasteiger partial charge in [0.05, 0.1) is 49.9 Å². The van der Waals surface area contributed by atoms with E-state index in [0.29, 0.717) is 51.3 Å². The van der Waals surface area contributed by atoms with Crippen LogP contribution in [-0.4, -0.2) is 155 Å². The zero-order valence-corrected chi connectivity index (χ0v) is 49.3. The molecule has 23 heteroatoms. The van der Waals surface area contributed by atoms with Gasteiger partial charge in [0.15, 0.2) is 23.3 Å². The van der Waals surface area contributed by atoms with Crippen LogP contribution >= 0.6 is 11.6 Å². The van der Waals surface area contributed by atoms with Crippen molar-refractivity contribution in [2.24, 2.45) is 0 Å². The van der Waals surface area contributed by atoms with Crippen molar-refractivity contribution in [2.45, 2.75) is 92.4 Å². The van der Waals surface area contributed by atoms with Gasteiger partial charge in [0.1, 0.15) is 45.7 Å². The topological polar surface area (TPSA) is 177 Å². The van der Waals surface area contributed by atoms with Crippen LogP contribution in [0.15, 0.2) is 60.9 Å². The molecule has 0 amide bonds. The fraction of sp³-hybridized carbons (Fsp3) is 0.467. The van der Waals surface area contributed by atoms with E-state index in [1.54, 1.807) is 12.1 Å². The fourth-order valence-electron chi connectivity index (χ4n) is 11.2. The van der Waals surface area contributed by atoms with Crippen LogP contribution in [0.4, 0.5) is 41.1 Å². The molecule has 4 aliphatic heterocycles. The third-order valence-corrected chi connectivity index (χ3v) is 15.1. The Balaban J connectivity index is 0.000000169. The largest absolute Gasteiger partial charge is 0.379 e. The number of fused-ring (bicyclic) bond motifs is 4. The molecule has 83 heavy (non-hydrogen) atoms. The van der Waals surface area contributed by atoms with Crippen LogP contribution in [0.2, 0.25) is 0 Å². The van der Waals surface area contributed by atoms with Gasteiger partial charge in [-0.05, 0) is 103 Å². The minimum atomic E-state index is -0.643. The minimum absolute atomic E-state index is 0.00212. The quantitative estimate of drug-likeness (QED) is 0.0823. The molecule has 3 N–H and O–H groups in total. The summed E-state index contributed by atoms with van der Waals surface area (Å²) in [5, 5.41) is 9.35. The standard InChI is InChI=1S/C30H36F2N8O.C26H28ClF2N7.C4H9NO/c1-19-34-28-22(31)15-21(16-25(28)40(19)30(2,3)4)27-23(32)17-33-29(37-27)36-26-6-5-20-18-39(8-7-24(20)35-26)10-9-38-11-13-41-14-12-38;1-15-31-24-18(28)11-17(12-21(24)36(15)26(2,3)4)23-19(29)13-30-25(34-23)33-22-6-5-16-14-35(10-8-27)9-7-20(16)32-22;1-3-6-4-2-5-1/h5-6,15-17H,7-14,18H2,1-4H3,(H,33,35,36,37);5-6,11-13H,7-10,14H2,1-4H3,(H,30,32,33,34);5H,1-4H2. The molecule has 0 saturated carbocycles. The summed E-state index contributed by atoms with van der Waals surface area (Å²) in [6, 6.07) is 13.9. The van der Waals surface area contributed by atoms with E-state index in [1.807, 2.05) is 82.7 Å². The number of halogens is 5. The number of rotatable bonds is 11. The van der Waals surface area contributed by atoms with E-state index in [9.17, 15) is 8.78 Å². The number of nitrogens with one attached hydrogen (secondary N) is 3. The van der Waals surface area contributed by atoms with Crippen molar-refractivity contribution < 1.29 is 27.0 Å². The third-order valence-electron chi connectivity index (χ3n) is 15.0. The Kier molecular flexibility index (Phi) is 18.3. The number of benzene rings is 2. The maximum atomic E-state index is 15.1. The van der Waals surface area contributed by atoms with Gasteiger partial charge in [-0.3, -0.25) is 14.7 Å². The highest BCUT2D eigenvalue weighted by atomic mass is 35.5. The monoisotopic (exact) mass is 1160 g/mol. The van der Waals surface area contributed by atoms with Crippen molar-refractivity contribution in [1.29, 1.82) is 0 Å². The highest BCUT2D eigenvalue weighted by Crippen LogP contribution is 2.35. The predicted octanol–water partition coefficient (Wildman–Crippen LogP) is 9.84. The Morgan fingerprint density at radius 2 is 0.988 bits per heavy atom.